The van der Waals surface area contributed by atoms with Crippen LogP contribution in [0.2, 0.25) is 0 Å². The number of sulfonamides is 1. The molecule has 26 heavy (non-hydrogen) atoms. The summed E-state index contributed by atoms with van der Waals surface area (Å²) in [7, 11) is -4.00. The van der Waals surface area contributed by atoms with Gasteiger partial charge in [0.2, 0.25) is 0 Å². The fraction of sp³-hybridized carbons (Fsp3) is 0.857. The molecule has 1 aliphatic rings. The van der Waals surface area contributed by atoms with Gasteiger partial charge in [-0.15, -0.1) is 0 Å². The topological polar surface area (TPSA) is 100 Å². The SMILES string of the molecule is CCNC(=NCC(C)C(=O)OC)NC1CCN(S(=O)(=O)C(F)(F)F)CC1. The van der Waals surface area contributed by atoms with Crippen LogP contribution in [0.3, 0.4) is 0 Å². The third-order valence-corrected chi connectivity index (χ3v) is 5.53. The summed E-state index contributed by atoms with van der Waals surface area (Å²) in [4.78, 5) is 15.7. The van der Waals surface area contributed by atoms with Crippen molar-refractivity contribution in [2.45, 2.75) is 38.2 Å². The van der Waals surface area contributed by atoms with Gasteiger partial charge in [-0.1, -0.05) is 6.92 Å². The summed E-state index contributed by atoms with van der Waals surface area (Å²) >= 11 is 0. The molecule has 1 fully saturated rings. The van der Waals surface area contributed by atoms with Crippen LogP contribution >= 0.6 is 0 Å². The van der Waals surface area contributed by atoms with Crippen molar-refractivity contribution in [3.63, 3.8) is 0 Å². The Hall–Kier alpha value is -1.56. The summed E-state index contributed by atoms with van der Waals surface area (Å²) in [6.07, 6.45) is 0.429. The number of esters is 1. The summed E-state index contributed by atoms with van der Waals surface area (Å²) in [5.41, 5.74) is -5.28. The van der Waals surface area contributed by atoms with Gasteiger partial charge in [-0.05, 0) is 19.8 Å². The standard InChI is InChI=1S/C14H25F3N4O4S/c1-4-18-13(19-9-10(2)12(22)25-3)20-11-5-7-21(8-6-11)26(23,24)14(15,16)17/h10-11H,4-9H2,1-3H3,(H2,18,19,20). The zero-order valence-corrected chi connectivity index (χ0v) is 15.8. The first kappa shape index (κ1) is 22.5. The number of ether oxygens (including phenoxy) is 1. The Bertz CT molecular complexity index is 602. The van der Waals surface area contributed by atoms with E-state index in [4.69, 9.17) is 0 Å². The van der Waals surface area contributed by atoms with Gasteiger partial charge in [-0.2, -0.15) is 17.5 Å². The Balaban J connectivity index is 2.63. The maximum Gasteiger partial charge on any atom is 0.511 e. The monoisotopic (exact) mass is 402 g/mol. The van der Waals surface area contributed by atoms with Crippen LogP contribution in [-0.4, -0.2) is 69.5 Å². The maximum atomic E-state index is 12.6. The largest absolute Gasteiger partial charge is 0.511 e. The summed E-state index contributed by atoms with van der Waals surface area (Å²) in [5.74, 6) is -0.412. The number of rotatable bonds is 6. The molecule has 12 heteroatoms. The van der Waals surface area contributed by atoms with E-state index in [0.717, 1.165) is 0 Å². The van der Waals surface area contributed by atoms with E-state index in [0.29, 0.717) is 16.8 Å². The molecule has 1 atom stereocenters. The molecule has 8 nitrogen and oxygen atoms in total. The molecule has 0 spiro atoms. The van der Waals surface area contributed by atoms with Gasteiger partial charge in [0.1, 0.15) is 0 Å². The van der Waals surface area contributed by atoms with E-state index >= 15 is 0 Å². The zero-order valence-electron chi connectivity index (χ0n) is 15.0. The molecule has 0 bridgehead atoms. The van der Waals surface area contributed by atoms with Crippen molar-refractivity contribution in [2.75, 3.05) is 33.3 Å². The molecule has 1 heterocycles. The number of nitrogens with zero attached hydrogens (tertiary/aromatic N) is 2. The predicted molar refractivity (Wildman–Crippen MR) is 89.9 cm³/mol. The van der Waals surface area contributed by atoms with E-state index in [1.165, 1.54) is 7.11 Å². The highest BCUT2D eigenvalue weighted by Gasteiger charge is 2.50. The molecular formula is C14H25F3N4O4S. The Kier molecular flexibility index (Phi) is 8.13. The lowest BCUT2D eigenvalue weighted by atomic mass is 10.1. The minimum absolute atomic E-state index is 0.184. The van der Waals surface area contributed by atoms with E-state index in [2.05, 4.69) is 20.4 Å². The number of methoxy groups -OCH3 is 1. The van der Waals surface area contributed by atoms with E-state index in [-0.39, 0.29) is 38.5 Å². The average Bonchev–Trinajstić information content (AvgIpc) is 2.58. The third kappa shape index (κ3) is 6.01. The van der Waals surface area contributed by atoms with Gasteiger partial charge in [-0.25, -0.2) is 8.42 Å². The van der Waals surface area contributed by atoms with Gasteiger partial charge in [-0.3, -0.25) is 9.79 Å². The summed E-state index contributed by atoms with van der Waals surface area (Å²) in [5, 5.41) is 6.05. The number of piperidine rings is 1. The van der Waals surface area contributed by atoms with Crippen molar-refractivity contribution >= 4 is 22.0 Å². The first-order chi connectivity index (χ1) is 12.0. The van der Waals surface area contributed by atoms with E-state index in [1.807, 2.05) is 6.92 Å². The Labute approximate surface area is 151 Å². The van der Waals surface area contributed by atoms with E-state index < -0.39 is 27.4 Å². The second-order valence-electron chi connectivity index (χ2n) is 5.91. The predicted octanol–water partition coefficient (Wildman–Crippen LogP) is 0.665. The molecule has 1 unspecified atom stereocenters. The van der Waals surface area contributed by atoms with Crippen molar-refractivity contribution in [1.82, 2.24) is 14.9 Å². The van der Waals surface area contributed by atoms with Crippen LogP contribution in [0.5, 0.6) is 0 Å². The van der Waals surface area contributed by atoms with Gasteiger partial charge in [0.05, 0.1) is 19.6 Å². The van der Waals surface area contributed by atoms with Crippen LogP contribution in [-0.2, 0) is 19.6 Å². The second-order valence-corrected chi connectivity index (χ2v) is 7.84. The van der Waals surface area contributed by atoms with Crippen molar-refractivity contribution in [3.8, 4) is 0 Å². The van der Waals surface area contributed by atoms with Crippen molar-refractivity contribution in [3.05, 3.63) is 0 Å². The molecule has 1 rings (SSSR count). The van der Waals surface area contributed by atoms with Crippen molar-refractivity contribution < 1.29 is 31.1 Å². The molecular weight excluding hydrogens is 377 g/mol. The number of aliphatic imine (C=N–C) groups is 1. The zero-order chi connectivity index (χ0) is 20.0. The van der Waals surface area contributed by atoms with Crippen LogP contribution in [0.1, 0.15) is 26.7 Å². The van der Waals surface area contributed by atoms with Gasteiger partial charge in [0, 0.05) is 25.7 Å². The quantitative estimate of drug-likeness (QED) is 0.385. The second kappa shape index (κ2) is 9.40. The number of carbonyl (C=O) groups is 1. The molecule has 0 aromatic heterocycles. The number of guanidine groups is 1. The highest BCUT2D eigenvalue weighted by Crippen LogP contribution is 2.28. The van der Waals surface area contributed by atoms with Crippen LogP contribution in [0.25, 0.3) is 0 Å². The summed E-state index contributed by atoms with van der Waals surface area (Å²) in [6.45, 7) is 3.80. The van der Waals surface area contributed by atoms with E-state index in [9.17, 15) is 26.4 Å². The minimum Gasteiger partial charge on any atom is -0.469 e. The van der Waals surface area contributed by atoms with Crippen molar-refractivity contribution in [1.29, 1.82) is 0 Å². The third-order valence-electron chi connectivity index (χ3n) is 3.90. The van der Waals surface area contributed by atoms with Gasteiger partial charge in [0.15, 0.2) is 5.96 Å². The fourth-order valence-electron chi connectivity index (χ4n) is 2.40. The lowest BCUT2D eigenvalue weighted by molar-refractivity contribution is -0.144. The minimum atomic E-state index is -5.29. The van der Waals surface area contributed by atoms with Crippen LogP contribution < -0.4 is 10.6 Å². The highest BCUT2D eigenvalue weighted by molar-refractivity contribution is 7.90. The number of nitrogens with one attached hydrogen (secondary N) is 2. The first-order valence-electron chi connectivity index (χ1n) is 8.22. The number of hydrogen-bond acceptors (Lipinski definition) is 5. The smallest absolute Gasteiger partial charge is 0.469 e. The number of hydrogen-bond donors (Lipinski definition) is 2. The normalized spacial score (nSPS) is 19.1. The Morgan fingerprint density at radius 2 is 1.92 bits per heavy atom. The molecule has 152 valence electrons. The number of alkyl halides is 3. The number of halogens is 3. The lowest BCUT2D eigenvalue weighted by Crippen LogP contribution is -2.51. The van der Waals surface area contributed by atoms with Crippen LogP contribution in [0, 0.1) is 5.92 Å². The molecule has 1 saturated heterocycles. The highest BCUT2D eigenvalue weighted by atomic mass is 32.2. The molecule has 1 aliphatic heterocycles. The molecule has 0 saturated carbocycles. The van der Waals surface area contributed by atoms with Crippen molar-refractivity contribution in [2.24, 2.45) is 10.9 Å². The van der Waals surface area contributed by atoms with E-state index in [1.54, 1.807) is 6.92 Å². The molecule has 0 amide bonds. The van der Waals surface area contributed by atoms with Gasteiger partial charge < -0.3 is 15.4 Å². The molecule has 0 radical (unpaired) electrons. The number of carbonyl (C=O) groups excluding carboxylic acids is 1. The van der Waals surface area contributed by atoms with Crippen LogP contribution in [0.4, 0.5) is 13.2 Å². The molecule has 0 aliphatic carbocycles. The fourth-order valence-corrected chi connectivity index (χ4v) is 3.39. The summed E-state index contributed by atoms with van der Waals surface area (Å²) in [6, 6.07) is -0.221. The van der Waals surface area contributed by atoms with Crippen LogP contribution in [0.15, 0.2) is 4.99 Å². The summed E-state index contributed by atoms with van der Waals surface area (Å²) < 4.78 is 65.6. The molecule has 2 N–H and O–H groups in total. The van der Waals surface area contributed by atoms with Gasteiger partial charge >= 0.3 is 21.5 Å². The van der Waals surface area contributed by atoms with Gasteiger partial charge in [0.25, 0.3) is 0 Å². The average molecular weight is 402 g/mol. The Morgan fingerprint density at radius 1 is 1.35 bits per heavy atom. The first-order valence-corrected chi connectivity index (χ1v) is 9.66. The molecule has 0 aromatic rings. The Morgan fingerprint density at radius 3 is 2.38 bits per heavy atom. The maximum absolute atomic E-state index is 12.6. The molecule has 0 aromatic carbocycles. The lowest BCUT2D eigenvalue weighted by Gasteiger charge is -2.32.